The Morgan fingerprint density at radius 3 is 2.60 bits per heavy atom. The molecule has 0 bridgehead atoms. The molecule has 0 radical (unpaired) electrons. The van der Waals surface area contributed by atoms with Crippen LogP contribution in [-0.2, 0) is 16.0 Å². The van der Waals surface area contributed by atoms with Gasteiger partial charge in [-0.25, -0.2) is 4.39 Å². The Labute approximate surface area is 150 Å². The maximum absolute atomic E-state index is 13.8. The monoisotopic (exact) mass is 351 g/mol. The fraction of sp³-hybridized carbons (Fsp3) is 0.684. The van der Waals surface area contributed by atoms with Gasteiger partial charge in [0.2, 0.25) is 0 Å². The number of carbonyl (C=O) groups is 1. The molecule has 0 aliphatic carbocycles. The number of hydrogen-bond donors (Lipinski definition) is 0. The first-order valence-corrected chi connectivity index (χ1v) is 9.02. The quantitative estimate of drug-likeness (QED) is 0.718. The van der Waals surface area contributed by atoms with Crippen LogP contribution in [-0.4, -0.2) is 71.5 Å². The molecule has 2 rings (SSSR count). The average molecular weight is 351 g/mol. The normalized spacial score (nSPS) is 17.2. The van der Waals surface area contributed by atoms with Crippen molar-refractivity contribution in [1.82, 2.24) is 14.8 Å². The zero-order chi connectivity index (χ0) is 18.4. The van der Waals surface area contributed by atoms with Crippen molar-refractivity contribution in [1.29, 1.82) is 0 Å². The molecule has 0 amide bonds. The second kappa shape index (κ2) is 8.83. The van der Waals surface area contributed by atoms with Gasteiger partial charge >= 0.3 is 0 Å². The average Bonchev–Trinajstić information content (AvgIpc) is 2.57. The summed E-state index contributed by atoms with van der Waals surface area (Å²) in [6.45, 7) is 13.1. The number of piperazine rings is 1. The van der Waals surface area contributed by atoms with E-state index >= 15 is 0 Å². The third-order valence-electron chi connectivity index (χ3n) is 4.87. The first-order valence-electron chi connectivity index (χ1n) is 9.02. The highest BCUT2D eigenvalue weighted by molar-refractivity contribution is 5.89. The Bertz CT molecular complexity index is 570. The number of rotatable bonds is 8. The Hall–Kier alpha value is -1.37. The molecule has 1 fully saturated rings. The van der Waals surface area contributed by atoms with E-state index in [0.717, 1.165) is 39.3 Å². The Balaban J connectivity index is 1.86. The lowest BCUT2D eigenvalue weighted by Crippen LogP contribution is -2.58. The van der Waals surface area contributed by atoms with Gasteiger partial charge in [0.1, 0.15) is 5.82 Å². The highest BCUT2D eigenvalue weighted by Crippen LogP contribution is 2.20. The van der Waals surface area contributed by atoms with Crippen molar-refractivity contribution in [3.63, 3.8) is 0 Å². The number of ketones is 1. The summed E-state index contributed by atoms with van der Waals surface area (Å²) in [7, 11) is 0. The fourth-order valence-electron chi connectivity index (χ4n) is 3.04. The number of Topliss-reactive ketones (excluding diaryl/α,β-unsaturated/α-hetero) is 1. The molecule has 0 atom stereocenters. The lowest BCUT2D eigenvalue weighted by atomic mass is 9.92. The number of nitrogens with zero attached hydrogens (tertiary/aromatic N) is 3. The zero-order valence-corrected chi connectivity index (χ0v) is 15.8. The van der Waals surface area contributed by atoms with Gasteiger partial charge in [0, 0.05) is 38.9 Å². The molecule has 140 valence electrons. The van der Waals surface area contributed by atoms with Crippen molar-refractivity contribution in [2.45, 2.75) is 45.8 Å². The molecule has 0 unspecified atom stereocenters. The van der Waals surface area contributed by atoms with Crippen LogP contribution in [0, 0.1) is 5.82 Å². The van der Waals surface area contributed by atoms with E-state index in [2.05, 4.69) is 14.8 Å². The van der Waals surface area contributed by atoms with E-state index in [1.54, 1.807) is 0 Å². The Kier molecular flexibility index (Phi) is 7.04. The Morgan fingerprint density at radius 1 is 1.32 bits per heavy atom. The first-order chi connectivity index (χ1) is 11.8. The number of ether oxygens (including phenoxy) is 1. The van der Waals surface area contributed by atoms with Crippen LogP contribution in [0.25, 0.3) is 0 Å². The summed E-state index contributed by atoms with van der Waals surface area (Å²) >= 11 is 0. The molecule has 1 aliphatic rings. The second-order valence-corrected chi connectivity index (χ2v) is 7.34. The molecule has 6 heteroatoms. The van der Waals surface area contributed by atoms with Crippen LogP contribution in [0.4, 0.5) is 4.39 Å². The van der Waals surface area contributed by atoms with Gasteiger partial charge in [-0.2, -0.15) is 0 Å². The summed E-state index contributed by atoms with van der Waals surface area (Å²) in [5.41, 5.74) is -0.394. The molecule has 0 N–H and O–H groups in total. The lowest BCUT2D eigenvalue weighted by Gasteiger charge is -2.43. The summed E-state index contributed by atoms with van der Waals surface area (Å²) in [6.07, 6.45) is 1.81. The van der Waals surface area contributed by atoms with E-state index < -0.39 is 11.4 Å². The maximum Gasteiger partial charge on any atom is 0.158 e. The predicted molar refractivity (Wildman–Crippen MR) is 96.1 cm³/mol. The molecular weight excluding hydrogens is 321 g/mol. The summed E-state index contributed by atoms with van der Waals surface area (Å²) in [6, 6.07) is 2.89. The van der Waals surface area contributed by atoms with Crippen LogP contribution in [0.15, 0.2) is 18.3 Å². The molecule has 0 spiro atoms. The van der Waals surface area contributed by atoms with Gasteiger partial charge in [0.05, 0.1) is 30.4 Å². The van der Waals surface area contributed by atoms with Crippen molar-refractivity contribution in [3.8, 4) is 0 Å². The third-order valence-corrected chi connectivity index (χ3v) is 4.87. The van der Waals surface area contributed by atoms with Crippen LogP contribution in [0.1, 0.15) is 33.4 Å². The van der Waals surface area contributed by atoms with Crippen molar-refractivity contribution >= 4 is 5.78 Å². The maximum atomic E-state index is 13.8. The molecule has 2 heterocycles. The van der Waals surface area contributed by atoms with Gasteiger partial charge in [-0.05, 0) is 39.8 Å². The van der Waals surface area contributed by atoms with E-state index in [1.165, 1.54) is 18.3 Å². The minimum atomic E-state index is -0.621. The third kappa shape index (κ3) is 5.56. The van der Waals surface area contributed by atoms with E-state index in [9.17, 15) is 9.18 Å². The minimum absolute atomic E-state index is 0.00157. The van der Waals surface area contributed by atoms with Gasteiger partial charge in [-0.1, -0.05) is 0 Å². The molecule has 0 aromatic carbocycles. The number of carbonyl (C=O) groups excluding carboxylic acids is 1. The van der Waals surface area contributed by atoms with Gasteiger partial charge in [-0.3, -0.25) is 19.6 Å². The number of hydrogen-bond acceptors (Lipinski definition) is 5. The van der Waals surface area contributed by atoms with E-state index in [1.807, 2.05) is 27.7 Å². The number of pyridine rings is 1. The molecule has 1 aromatic rings. The largest absolute Gasteiger partial charge is 0.377 e. The smallest absolute Gasteiger partial charge is 0.158 e. The second-order valence-electron chi connectivity index (χ2n) is 7.34. The van der Waals surface area contributed by atoms with Gasteiger partial charge in [-0.15, -0.1) is 0 Å². The SMILES string of the molecule is CC(C)OCCN1CCN(C(C)(C)C(=O)Cc2ncccc2F)CC1. The van der Waals surface area contributed by atoms with Crippen LogP contribution in [0.2, 0.25) is 0 Å². The Morgan fingerprint density at radius 2 is 2.00 bits per heavy atom. The molecule has 1 aromatic heterocycles. The minimum Gasteiger partial charge on any atom is -0.377 e. The van der Waals surface area contributed by atoms with Crippen LogP contribution in [0.3, 0.4) is 0 Å². The molecule has 1 saturated heterocycles. The lowest BCUT2D eigenvalue weighted by molar-refractivity contribution is -0.130. The van der Waals surface area contributed by atoms with Crippen molar-refractivity contribution in [3.05, 3.63) is 29.8 Å². The highest BCUT2D eigenvalue weighted by atomic mass is 19.1. The van der Waals surface area contributed by atoms with Gasteiger partial charge in [0.25, 0.3) is 0 Å². The van der Waals surface area contributed by atoms with Crippen molar-refractivity contribution in [2.24, 2.45) is 0 Å². The van der Waals surface area contributed by atoms with Crippen LogP contribution >= 0.6 is 0 Å². The molecule has 1 aliphatic heterocycles. The molecule has 0 saturated carbocycles. The number of aromatic nitrogens is 1. The summed E-state index contributed by atoms with van der Waals surface area (Å²) in [5, 5.41) is 0. The van der Waals surface area contributed by atoms with E-state index in [4.69, 9.17) is 4.74 Å². The van der Waals surface area contributed by atoms with Crippen molar-refractivity contribution < 1.29 is 13.9 Å². The summed E-state index contributed by atoms with van der Waals surface area (Å²) in [5.74, 6) is -0.414. The molecule has 5 nitrogen and oxygen atoms in total. The topological polar surface area (TPSA) is 45.7 Å². The van der Waals surface area contributed by atoms with Gasteiger partial charge in [0.15, 0.2) is 5.78 Å². The standard InChI is InChI=1S/C19H30FN3O2/c1-15(2)25-13-12-22-8-10-23(11-9-22)19(3,4)18(24)14-17-16(20)6-5-7-21-17/h5-7,15H,8-14H2,1-4H3. The fourth-order valence-corrected chi connectivity index (χ4v) is 3.04. The predicted octanol–water partition coefficient (Wildman–Crippen LogP) is 2.15. The van der Waals surface area contributed by atoms with Crippen LogP contribution < -0.4 is 0 Å². The van der Waals surface area contributed by atoms with Crippen LogP contribution in [0.5, 0.6) is 0 Å². The van der Waals surface area contributed by atoms with E-state index in [-0.39, 0.29) is 24.0 Å². The van der Waals surface area contributed by atoms with Crippen molar-refractivity contribution in [2.75, 3.05) is 39.3 Å². The van der Waals surface area contributed by atoms with E-state index in [0.29, 0.717) is 0 Å². The first kappa shape index (κ1) is 19.9. The number of halogens is 1. The highest BCUT2D eigenvalue weighted by Gasteiger charge is 2.36. The summed E-state index contributed by atoms with van der Waals surface area (Å²) in [4.78, 5) is 21.3. The summed E-state index contributed by atoms with van der Waals surface area (Å²) < 4.78 is 19.4. The van der Waals surface area contributed by atoms with Gasteiger partial charge < -0.3 is 4.74 Å². The zero-order valence-electron chi connectivity index (χ0n) is 15.8. The molecule has 25 heavy (non-hydrogen) atoms. The molecular formula is C19H30FN3O2.